The van der Waals surface area contributed by atoms with Crippen LogP contribution in [0.2, 0.25) is 5.02 Å². The monoisotopic (exact) mass is 420 g/mol. The van der Waals surface area contributed by atoms with Crippen LogP contribution in [0, 0.1) is 0 Å². The summed E-state index contributed by atoms with van der Waals surface area (Å²) in [5.41, 5.74) is 5.92. The van der Waals surface area contributed by atoms with Crippen LogP contribution in [0.5, 0.6) is 0 Å². The Balaban J connectivity index is 1.80. The number of nitrogens with zero attached hydrogens (tertiary/aromatic N) is 1. The van der Waals surface area contributed by atoms with Gasteiger partial charge in [-0.15, -0.1) is 11.6 Å². The molecule has 0 saturated heterocycles. The van der Waals surface area contributed by atoms with Crippen LogP contribution in [-0.2, 0) is 0 Å². The minimum absolute atomic E-state index is 0.0265. The van der Waals surface area contributed by atoms with Crippen molar-refractivity contribution in [3.63, 3.8) is 0 Å². The average molecular weight is 421 g/mol. The van der Waals surface area contributed by atoms with Gasteiger partial charge >= 0.3 is 0 Å². The highest BCUT2D eigenvalue weighted by molar-refractivity contribution is 6.30. The third-order valence-corrected chi connectivity index (χ3v) is 5.96. The van der Waals surface area contributed by atoms with E-state index in [9.17, 15) is 4.79 Å². The maximum atomic E-state index is 13.2. The lowest BCUT2D eigenvalue weighted by Crippen LogP contribution is -2.30. The number of nitrogens with one attached hydrogen (secondary N) is 1. The first-order valence-corrected chi connectivity index (χ1v) is 10.4. The van der Waals surface area contributed by atoms with E-state index < -0.39 is 0 Å². The zero-order chi connectivity index (χ0) is 20.0. The average Bonchev–Trinajstić information content (AvgIpc) is 3.25. The molecule has 1 N–H and O–H groups in total. The third-order valence-electron chi connectivity index (χ3n) is 5.54. The zero-order valence-corrected chi connectivity index (χ0v) is 17.0. The lowest BCUT2D eigenvalue weighted by molar-refractivity contribution is 0.0762. The Bertz CT molecular complexity index is 1210. The van der Waals surface area contributed by atoms with Crippen molar-refractivity contribution in [1.82, 2.24) is 9.88 Å². The van der Waals surface area contributed by atoms with Crippen LogP contribution in [-0.4, -0.2) is 28.2 Å². The molecule has 0 spiro atoms. The number of halogens is 2. The van der Waals surface area contributed by atoms with Gasteiger partial charge in [0.1, 0.15) is 0 Å². The SMILES string of the molecule is O=C1c2ccccc2[C@H](c2c(-c3ccc(Cl)cc3)[nH]c3ccccc23)N1CCCl. The summed E-state index contributed by atoms with van der Waals surface area (Å²) in [4.78, 5) is 18.6. The van der Waals surface area contributed by atoms with E-state index in [4.69, 9.17) is 23.2 Å². The number of amides is 1. The van der Waals surface area contributed by atoms with Crippen molar-refractivity contribution in [2.45, 2.75) is 6.04 Å². The minimum Gasteiger partial charge on any atom is -0.354 e. The van der Waals surface area contributed by atoms with Crippen molar-refractivity contribution in [2.75, 3.05) is 12.4 Å². The Kier molecular flexibility index (Phi) is 4.57. The number of rotatable bonds is 4. The van der Waals surface area contributed by atoms with Gasteiger partial charge < -0.3 is 9.88 Å². The van der Waals surface area contributed by atoms with E-state index >= 15 is 0 Å². The second-order valence-electron chi connectivity index (χ2n) is 7.14. The molecule has 1 aliphatic heterocycles. The van der Waals surface area contributed by atoms with Gasteiger partial charge in [0.05, 0.1) is 11.7 Å². The number of para-hydroxylation sites is 1. The van der Waals surface area contributed by atoms with Gasteiger partial charge in [0.15, 0.2) is 0 Å². The van der Waals surface area contributed by atoms with Crippen molar-refractivity contribution in [2.24, 2.45) is 0 Å². The molecule has 1 atom stereocenters. The molecule has 1 aromatic heterocycles. The summed E-state index contributed by atoms with van der Waals surface area (Å²) in [7, 11) is 0. The summed E-state index contributed by atoms with van der Waals surface area (Å²) >= 11 is 12.2. The summed E-state index contributed by atoms with van der Waals surface area (Å²) in [5.74, 6) is 0.410. The summed E-state index contributed by atoms with van der Waals surface area (Å²) in [6.07, 6.45) is 0. The molecule has 5 rings (SSSR count). The van der Waals surface area contributed by atoms with E-state index in [2.05, 4.69) is 17.1 Å². The molecule has 0 unspecified atom stereocenters. The van der Waals surface area contributed by atoms with E-state index in [-0.39, 0.29) is 11.9 Å². The first kappa shape index (κ1) is 18.3. The molecule has 0 saturated carbocycles. The minimum atomic E-state index is -0.195. The first-order chi connectivity index (χ1) is 14.2. The molecule has 3 aromatic carbocycles. The molecule has 1 aliphatic rings. The number of carbonyl (C=O) groups excluding carboxylic acids is 1. The highest BCUT2D eigenvalue weighted by atomic mass is 35.5. The van der Waals surface area contributed by atoms with Gasteiger partial charge in [0.25, 0.3) is 5.91 Å². The highest BCUT2D eigenvalue weighted by Crippen LogP contribution is 2.45. The predicted octanol–water partition coefficient (Wildman–Crippen LogP) is 6.27. The Morgan fingerprint density at radius 2 is 1.66 bits per heavy atom. The van der Waals surface area contributed by atoms with Crippen molar-refractivity contribution >= 4 is 40.0 Å². The quantitative estimate of drug-likeness (QED) is 0.387. The highest BCUT2D eigenvalue weighted by Gasteiger charge is 2.39. The standard InChI is InChI=1S/C24H18Cl2N2O/c25-13-14-28-23(17-5-1-2-6-18(17)24(28)29)21-19-7-3-4-8-20(19)27-22(21)15-9-11-16(26)12-10-15/h1-12,23,27H,13-14H2/t23-/m1/s1. The van der Waals surface area contributed by atoms with Gasteiger partial charge in [-0.05, 0) is 35.4 Å². The van der Waals surface area contributed by atoms with Crippen LogP contribution in [0.25, 0.3) is 22.2 Å². The molecule has 3 nitrogen and oxygen atoms in total. The van der Waals surface area contributed by atoms with Crippen molar-refractivity contribution in [3.8, 4) is 11.3 Å². The Hall–Kier alpha value is -2.75. The van der Waals surface area contributed by atoms with Crippen LogP contribution >= 0.6 is 23.2 Å². The van der Waals surface area contributed by atoms with Crippen LogP contribution < -0.4 is 0 Å². The van der Waals surface area contributed by atoms with Crippen molar-refractivity contribution in [1.29, 1.82) is 0 Å². The van der Waals surface area contributed by atoms with Crippen LogP contribution in [0.4, 0.5) is 0 Å². The van der Waals surface area contributed by atoms with E-state index in [0.717, 1.165) is 38.9 Å². The molecular weight excluding hydrogens is 403 g/mol. The summed E-state index contributed by atoms with van der Waals surface area (Å²) in [5, 5.41) is 1.79. The fourth-order valence-electron chi connectivity index (χ4n) is 4.30. The van der Waals surface area contributed by atoms with E-state index in [1.54, 1.807) is 0 Å². The smallest absolute Gasteiger partial charge is 0.255 e. The van der Waals surface area contributed by atoms with Gasteiger partial charge in [-0.3, -0.25) is 4.79 Å². The van der Waals surface area contributed by atoms with Gasteiger partial charge in [0.2, 0.25) is 0 Å². The second kappa shape index (κ2) is 7.25. The molecule has 144 valence electrons. The first-order valence-electron chi connectivity index (χ1n) is 9.51. The third kappa shape index (κ3) is 2.93. The molecule has 2 heterocycles. The number of hydrogen-bond donors (Lipinski definition) is 1. The van der Waals surface area contributed by atoms with Gasteiger partial charge in [-0.1, -0.05) is 60.1 Å². The van der Waals surface area contributed by atoms with Crippen LogP contribution in [0.3, 0.4) is 0 Å². The van der Waals surface area contributed by atoms with Gasteiger partial charge in [-0.25, -0.2) is 0 Å². The number of aromatic nitrogens is 1. The number of fused-ring (bicyclic) bond motifs is 2. The number of benzene rings is 3. The molecule has 0 aliphatic carbocycles. The molecule has 0 radical (unpaired) electrons. The normalized spacial score (nSPS) is 15.9. The van der Waals surface area contributed by atoms with E-state index in [0.29, 0.717) is 17.4 Å². The van der Waals surface area contributed by atoms with Crippen LogP contribution in [0.1, 0.15) is 27.5 Å². The zero-order valence-electron chi connectivity index (χ0n) is 15.5. The van der Waals surface area contributed by atoms with Crippen LogP contribution in [0.15, 0.2) is 72.8 Å². The van der Waals surface area contributed by atoms with Gasteiger partial charge in [0, 0.05) is 39.5 Å². The topological polar surface area (TPSA) is 36.1 Å². The number of carbonyl (C=O) groups is 1. The lowest BCUT2D eigenvalue weighted by atomic mass is 9.93. The molecular formula is C24H18Cl2N2O. The maximum absolute atomic E-state index is 13.2. The summed E-state index contributed by atoms with van der Waals surface area (Å²) in [6.45, 7) is 0.485. The van der Waals surface area contributed by atoms with Crippen molar-refractivity contribution in [3.05, 3.63) is 94.5 Å². The molecule has 1 amide bonds. The maximum Gasteiger partial charge on any atom is 0.255 e. The Morgan fingerprint density at radius 3 is 2.45 bits per heavy atom. The fraction of sp³-hybridized carbons (Fsp3) is 0.125. The van der Waals surface area contributed by atoms with E-state index in [1.165, 1.54) is 0 Å². The molecule has 0 bridgehead atoms. The van der Waals surface area contributed by atoms with Crippen molar-refractivity contribution < 1.29 is 4.79 Å². The summed E-state index contributed by atoms with van der Waals surface area (Å²) < 4.78 is 0. The Labute approximate surface area is 178 Å². The van der Waals surface area contributed by atoms with Gasteiger partial charge in [-0.2, -0.15) is 0 Å². The number of aromatic amines is 1. The molecule has 0 fully saturated rings. The molecule has 4 aromatic rings. The second-order valence-corrected chi connectivity index (χ2v) is 7.96. The number of H-pyrrole nitrogens is 1. The predicted molar refractivity (Wildman–Crippen MR) is 119 cm³/mol. The molecule has 29 heavy (non-hydrogen) atoms. The largest absolute Gasteiger partial charge is 0.354 e. The fourth-order valence-corrected chi connectivity index (χ4v) is 4.60. The number of hydrogen-bond acceptors (Lipinski definition) is 1. The Morgan fingerprint density at radius 1 is 0.931 bits per heavy atom. The lowest BCUT2D eigenvalue weighted by Gasteiger charge is -2.26. The number of alkyl halides is 1. The van der Waals surface area contributed by atoms with E-state index in [1.807, 2.05) is 65.6 Å². The molecule has 5 heteroatoms. The summed E-state index contributed by atoms with van der Waals surface area (Å²) in [6, 6.07) is 23.6.